The van der Waals surface area contributed by atoms with Crippen molar-refractivity contribution in [1.82, 2.24) is 9.97 Å². The van der Waals surface area contributed by atoms with Crippen LogP contribution in [0.1, 0.15) is 12.8 Å². The lowest BCUT2D eigenvalue weighted by atomic mass is 9.89. The van der Waals surface area contributed by atoms with E-state index in [1.165, 1.54) is 6.33 Å². The smallest absolute Gasteiger partial charge is 0.353 e. The van der Waals surface area contributed by atoms with Gasteiger partial charge in [0.05, 0.1) is 11.0 Å². The second-order valence-corrected chi connectivity index (χ2v) is 3.89. The fourth-order valence-electron chi connectivity index (χ4n) is 1.74. The Labute approximate surface area is 97.2 Å². The van der Waals surface area contributed by atoms with Crippen molar-refractivity contribution < 1.29 is 10.0 Å². The normalized spacial score (nSPS) is 22.7. The first-order valence-electron chi connectivity index (χ1n) is 5.23. The summed E-state index contributed by atoms with van der Waals surface area (Å²) in [5.41, 5.74) is -0.170. The van der Waals surface area contributed by atoms with Crippen LogP contribution in [-0.4, -0.2) is 39.2 Å². The van der Waals surface area contributed by atoms with Gasteiger partial charge in [0.25, 0.3) is 0 Å². The van der Waals surface area contributed by atoms with Crippen LogP contribution in [0.3, 0.4) is 0 Å². The molecule has 1 saturated carbocycles. The Morgan fingerprint density at radius 1 is 1.47 bits per heavy atom. The third-order valence-electron chi connectivity index (χ3n) is 2.70. The van der Waals surface area contributed by atoms with Crippen molar-refractivity contribution in [3.63, 3.8) is 0 Å². The van der Waals surface area contributed by atoms with Crippen LogP contribution in [0.2, 0.25) is 0 Å². The summed E-state index contributed by atoms with van der Waals surface area (Å²) in [6.07, 6.45) is 2.10. The first-order valence-corrected chi connectivity index (χ1v) is 5.23. The van der Waals surface area contributed by atoms with Crippen molar-refractivity contribution in [2.45, 2.75) is 25.0 Å². The zero-order valence-corrected chi connectivity index (χ0v) is 9.25. The van der Waals surface area contributed by atoms with E-state index in [1.54, 1.807) is 7.05 Å². The Morgan fingerprint density at radius 2 is 2.12 bits per heavy atom. The highest BCUT2D eigenvalue weighted by Crippen LogP contribution is 2.31. The van der Waals surface area contributed by atoms with E-state index in [4.69, 9.17) is 5.11 Å². The molecule has 8 nitrogen and oxygen atoms in total. The number of anilines is 2. The van der Waals surface area contributed by atoms with Crippen LogP contribution in [0.15, 0.2) is 6.33 Å². The Balaban J connectivity index is 2.23. The molecule has 92 valence electrons. The van der Waals surface area contributed by atoms with Crippen molar-refractivity contribution in [3.8, 4) is 0 Å². The van der Waals surface area contributed by atoms with Crippen LogP contribution in [0, 0.1) is 10.1 Å². The summed E-state index contributed by atoms with van der Waals surface area (Å²) < 4.78 is 0. The van der Waals surface area contributed by atoms with E-state index in [-0.39, 0.29) is 29.5 Å². The summed E-state index contributed by atoms with van der Waals surface area (Å²) in [5.74, 6) is 0.360. The van der Waals surface area contributed by atoms with Crippen LogP contribution in [0.5, 0.6) is 0 Å². The molecule has 17 heavy (non-hydrogen) atoms. The maximum absolute atomic E-state index is 10.9. The van der Waals surface area contributed by atoms with E-state index in [9.17, 15) is 10.1 Å². The van der Waals surface area contributed by atoms with Gasteiger partial charge in [-0.25, -0.2) is 9.97 Å². The number of hydrogen-bond donors (Lipinski definition) is 3. The molecular weight excluding hydrogens is 226 g/mol. The highest BCUT2D eigenvalue weighted by atomic mass is 16.6. The molecule has 1 aromatic heterocycles. The third-order valence-corrected chi connectivity index (χ3v) is 2.70. The average molecular weight is 239 g/mol. The zero-order valence-electron chi connectivity index (χ0n) is 9.25. The molecule has 0 spiro atoms. The number of nitrogens with zero attached hydrogens (tertiary/aromatic N) is 3. The number of nitrogens with one attached hydrogen (secondary N) is 2. The predicted octanol–water partition coefficient (Wildman–Crippen LogP) is 0.362. The summed E-state index contributed by atoms with van der Waals surface area (Å²) >= 11 is 0. The molecule has 1 aromatic rings. The summed E-state index contributed by atoms with van der Waals surface area (Å²) in [5, 5.41) is 25.7. The second kappa shape index (κ2) is 4.50. The molecule has 0 radical (unpaired) electrons. The van der Waals surface area contributed by atoms with Gasteiger partial charge >= 0.3 is 5.69 Å². The number of aliphatic hydroxyl groups is 1. The van der Waals surface area contributed by atoms with Gasteiger partial charge in [-0.3, -0.25) is 10.1 Å². The summed E-state index contributed by atoms with van der Waals surface area (Å²) in [6.45, 7) is 0. The monoisotopic (exact) mass is 239 g/mol. The molecule has 3 N–H and O–H groups in total. The van der Waals surface area contributed by atoms with Crippen molar-refractivity contribution in [1.29, 1.82) is 0 Å². The summed E-state index contributed by atoms with van der Waals surface area (Å²) in [7, 11) is 1.56. The SMILES string of the molecule is CNc1ncnc(NC2CC(O)C2)c1[N+](=O)[O-]. The van der Waals surface area contributed by atoms with Gasteiger partial charge in [0.2, 0.25) is 11.6 Å². The third kappa shape index (κ3) is 2.26. The minimum atomic E-state index is -0.525. The Morgan fingerprint density at radius 3 is 2.65 bits per heavy atom. The largest absolute Gasteiger partial charge is 0.393 e. The maximum Gasteiger partial charge on any atom is 0.353 e. The maximum atomic E-state index is 10.9. The molecule has 0 amide bonds. The molecular formula is C9H13N5O3. The number of aliphatic hydroxyl groups excluding tert-OH is 1. The minimum absolute atomic E-state index is 0.0308. The number of rotatable bonds is 4. The lowest BCUT2D eigenvalue weighted by Crippen LogP contribution is -2.39. The van der Waals surface area contributed by atoms with Gasteiger partial charge in [0.15, 0.2) is 0 Å². The molecule has 0 saturated heterocycles. The standard InChI is InChI=1S/C9H13N5O3/c1-10-8-7(14(16)17)9(12-4-11-8)13-5-2-6(15)3-5/h4-6,15H,2-3H2,1H3,(H2,10,11,12,13). The van der Waals surface area contributed by atoms with E-state index in [0.717, 1.165) is 0 Å². The Kier molecular flexibility index (Phi) is 3.05. The van der Waals surface area contributed by atoms with Gasteiger partial charge in [-0.1, -0.05) is 0 Å². The van der Waals surface area contributed by atoms with Crippen LogP contribution < -0.4 is 10.6 Å². The molecule has 1 fully saturated rings. The van der Waals surface area contributed by atoms with E-state index >= 15 is 0 Å². The molecule has 0 aliphatic heterocycles. The van der Waals surface area contributed by atoms with E-state index in [0.29, 0.717) is 12.8 Å². The van der Waals surface area contributed by atoms with Crippen molar-refractivity contribution in [2.75, 3.05) is 17.7 Å². The highest BCUT2D eigenvalue weighted by molar-refractivity contribution is 5.69. The zero-order chi connectivity index (χ0) is 12.4. The van der Waals surface area contributed by atoms with Crippen molar-refractivity contribution in [3.05, 3.63) is 16.4 Å². The van der Waals surface area contributed by atoms with Crippen molar-refractivity contribution in [2.24, 2.45) is 0 Å². The average Bonchev–Trinajstić information content (AvgIpc) is 2.26. The van der Waals surface area contributed by atoms with Crippen molar-refractivity contribution >= 4 is 17.3 Å². The van der Waals surface area contributed by atoms with E-state index in [1.807, 2.05) is 0 Å². The number of nitro groups is 1. The molecule has 0 atom stereocenters. The Bertz CT molecular complexity index is 433. The minimum Gasteiger partial charge on any atom is -0.393 e. The molecule has 2 rings (SSSR count). The molecule has 1 aliphatic carbocycles. The van der Waals surface area contributed by atoms with Crippen LogP contribution >= 0.6 is 0 Å². The van der Waals surface area contributed by atoms with Crippen LogP contribution in [0.4, 0.5) is 17.3 Å². The van der Waals surface area contributed by atoms with Gasteiger partial charge in [-0.2, -0.15) is 0 Å². The van der Waals surface area contributed by atoms with E-state index in [2.05, 4.69) is 20.6 Å². The topological polar surface area (TPSA) is 113 Å². The fourth-order valence-corrected chi connectivity index (χ4v) is 1.74. The molecule has 1 heterocycles. The van der Waals surface area contributed by atoms with Gasteiger partial charge in [-0.15, -0.1) is 0 Å². The van der Waals surface area contributed by atoms with Gasteiger partial charge in [0.1, 0.15) is 6.33 Å². The number of hydrogen-bond acceptors (Lipinski definition) is 7. The van der Waals surface area contributed by atoms with Crippen LogP contribution in [-0.2, 0) is 0 Å². The quantitative estimate of drug-likeness (QED) is 0.513. The molecule has 1 aliphatic rings. The fraction of sp³-hybridized carbons (Fsp3) is 0.556. The second-order valence-electron chi connectivity index (χ2n) is 3.89. The van der Waals surface area contributed by atoms with Crippen LogP contribution in [0.25, 0.3) is 0 Å². The van der Waals surface area contributed by atoms with E-state index < -0.39 is 4.92 Å². The van der Waals surface area contributed by atoms with Gasteiger partial charge in [-0.05, 0) is 12.8 Å². The molecule has 8 heteroatoms. The Hall–Kier alpha value is -1.96. The first-order chi connectivity index (χ1) is 8.11. The highest BCUT2D eigenvalue weighted by Gasteiger charge is 2.30. The lowest BCUT2D eigenvalue weighted by molar-refractivity contribution is -0.383. The number of aromatic nitrogens is 2. The summed E-state index contributed by atoms with van der Waals surface area (Å²) in [6, 6.07) is 0.0308. The summed E-state index contributed by atoms with van der Waals surface area (Å²) in [4.78, 5) is 18.1. The molecule has 0 bridgehead atoms. The molecule has 0 unspecified atom stereocenters. The van der Waals surface area contributed by atoms with Gasteiger partial charge < -0.3 is 15.7 Å². The first kappa shape index (κ1) is 11.5. The predicted molar refractivity (Wildman–Crippen MR) is 60.9 cm³/mol. The van der Waals surface area contributed by atoms with Gasteiger partial charge in [0, 0.05) is 13.1 Å². The lowest BCUT2D eigenvalue weighted by Gasteiger charge is -2.32. The molecule has 0 aromatic carbocycles.